The number of benzene rings is 1. The highest BCUT2D eigenvalue weighted by molar-refractivity contribution is 6.31. The molecule has 1 aliphatic rings. The van der Waals surface area contributed by atoms with E-state index in [1.54, 1.807) is 0 Å². The summed E-state index contributed by atoms with van der Waals surface area (Å²) < 4.78 is 2.17. The highest BCUT2D eigenvalue weighted by atomic mass is 35.5. The van der Waals surface area contributed by atoms with E-state index in [0.29, 0.717) is 11.6 Å². The van der Waals surface area contributed by atoms with Crippen molar-refractivity contribution in [2.45, 2.75) is 25.4 Å². The van der Waals surface area contributed by atoms with E-state index in [1.807, 2.05) is 31.3 Å². The standard InChI is InChI=1S/C17H17ClN4O/c1-10-6-13-12-7-11(18)2-3-15(12)22(17(13)20-8-10)16-4-5-19-9-14(16)21-23/h2-3,6-8,14,16,19H,4-5,9H2,1H3/t14-,16-/m0/s1. The van der Waals surface area contributed by atoms with Crippen LogP contribution in [0.3, 0.4) is 0 Å². The molecule has 0 saturated carbocycles. The molecule has 3 heterocycles. The van der Waals surface area contributed by atoms with Crippen molar-refractivity contribution in [2.24, 2.45) is 5.18 Å². The van der Waals surface area contributed by atoms with Crippen LogP contribution < -0.4 is 5.32 Å². The smallest absolute Gasteiger partial charge is 0.141 e. The SMILES string of the molecule is Cc1cnc2c(c1)c1cc(Cl)ccc1n2[C@H]1CCNC[C@@H]1N=O. The van der Waals surface area contributed by atoms with Crippen LogP contribution in [-0.4, -0.2) is 28.7 Å². The van der Waals surface area contributed by atoms with Crippen LogP contribution in [0, 0.1) is 11.8 Å². The molecule has 3 aromatic rings. The Balaban J connectivity index is 2.05. The van der Waals surface area contributed by atoms with Crippen LogP contribution in [0.4, 0.5) is 0 Å². The van der Waals surface area contributed by atoms with Crippen molar-refractivity contribution in [1.82, 2.24) is 14.9 Å². The van der Waals surface area contributed by atoms with Gasteiger partial charge in [0, 0.05) is 28.5 Å². The van der Waals surface area contributed by atoms with Crippen LogP contribution in [0.25, 0.3) is 21.9 Å². The molecule has 0 amide bonds. The molecule has 4 rings (SSSR count). The normalized spacial score (nSPS) is 21.8. The van der Waals surface area contributed by atoms with Crippen LogP contribution in [0.2, 0.25) is 5.02 Å². The Morgan fingerprint density at radius 2 is 2.22 bits per heavy atom. The number of fused-ring (bicyclic) bond motifs is 3. The summed E-state index contributed by atoms with van der Waals surface area (Å²) in [7, 11) is 0. The van der Waals surface area contributed by atoms with Gasteiger partial charge >= 0.3 is 0 Å². The Kier molecular flexibility index (Phi) is 3.54. The van der Waals surface area contributed by atoms with Gasteiger partial charge in [0.15, 0.2) is 0 Å². The number of rotatable bonds is 2. The zero-order chi connectivity index (χ0) is 16.0. The predicted molar refractivity (Wildman–Crippen MR) is 93.1 cm³/mol. The summed E-state index contributed by atoms with van der Waals surface area (Å²) in [5.74, 6) is 0. The highest BCUT2D eigenvalue weighted by Gasteiger charge is 2.30. The first-order chi connectivity index (χ1) is 11.2. The lowest BCUT2D eigenvalue weighted by molar-refractivity contribution is 0.333. The average molecular weight is 329 g/mol. The van der Waals surface area contributed by atoms with Gasteiger partial charge in [0.2, 0.25) is 0 Å². The van der Waals surface area contributed by atoms with Gasteiger partial charge in [-0.15, -0.1) is 0 Å². The quantitative estimate of drug-likeness (QED) is 0.727. The van der Waals surface area contributed by atoms with Crippen molar-refractivity contribution in [1.29, 1.82) is 0 Å². The van der Waals surface area contributed by atoms with Crippen molar-refractivity contribution >= 4 is 33.5 Å². The van der Waals surface area contributed by atoms with E-state index in [9.17, 15) is 4.91 Å². The van der Waals surface area contributed by atoms with Crippen LogP contribution in [0.1, 0.15) is 18.0 Å². The van der Waals surface area contributed by atoms with Crippen molar-refractivity contribution in [3.05, 3.63) is 46.0 Å². The molecular formula is C17H17ClN4O. The molecule has 0 unspecified atom stereocenters. The molecule has 2 atom stereocenters. The summed E-state index contributed by atoms with van der Waals surface area (Å²) in [4.78, 5) is 15.9. The van der Waals surface area contributed by atoms with Gasteiger partial charge in [-0.2, -0.15) is 4.91 Å². The number of nitroso groups, excluding NO2 is 1. The molecule has 118 valence electrons. The van der Waals surface area contributed by atoms with Crippen LogP contribution >= 0.6 is 11.6 Å². The predicted octanol–water partition coefficient (Wildman–Crippen LogP) is 3.82. The van der Waals surface area contributed by atoms with Crippen molar-refractivity contribution in [3.63, 3.8) is 0 Å². The Morgan fingerprint density at radius 3 is 3.04 bits per heavy atom. The second-order valence-corrected chi connectivity index (χ2v) is 6.58. The lowest BCUT2D eigenvalue weighted by Crippen LogP contribution is -2.40. The number of pyridine rings is 1. The minimum Gasteiger partial charge on any atom is -0.320 e. The molecule has 5 nitrogen and oxygen atoms in total. The van der Waals surface area contributed by atoms with Crippen molar-refractivity contribution in [2.75, 3.05) is 13.1 Å². The van der Waals surface area contributed by atoms with Gasteiger partial charge in [0.25, 0.3) is 0 Å². The monoisotopic (exact) mass is 328 g/mol. The number of halogens is 1. The average Bonchev–Trinajstić information content (AvgIpc) is 2.87. The Morgan fingerprint density at radius 1 is 1.35 bits per heavy atom. The topological polar surface area (TPSA) is 59.3 Å². The van der Waals surface area contributed by atoms with E-state index in [0.717, 1.165) is 40.5 Å². The summed E-state index contributed by atoms with van der Waals surface area (Å²) in [6, 6.07) is 7.73. The molecule has 0 radical (unpaired) electrons. The van der Waals surface area contributed by atoms with E-state index in [4.69, 9.17) is 11.6 Å². The Bertz CT molecular complexity index is 845. The maximum atomic E-state index is 11.3. The molecule has 2 aromatic heterocycles. The fourth-order valence-corrected chi connectivity index (χ4v) is 3.75. The highest BCUT2D eigenvalue weighted by Crippen LogP contribution is 2.36. The molecule has 1 N–H and O–H groups in total. The molecule has 1 aliphatic heterocycles. The van der Waals surface area contributed by atoms with Gasteiger partial charge < -0.3 is 9.88 Å². The zero-order valence-electron chi connectivity index (χ0n) is 12.8. The summed E-state index contributed by atoms with van der Waals surface area (Å²) in [5, 5.41) is 9.44. The maximum Gasteiger partial charge on any atom is 0.141 e. The molecule has 23 heavy (non-hydrogen) atoms. The van der Waals surface area contributed by atoms with Crippen LogP contribution in [0.5, 0.6) is 0 Å². The number of aromatic nitrogens is 2. The third-order valence-electron chi connectivity index (χ3n) is 4.62. The van der Waals surface area contributed by atoms with Crippen molar-refractivity contribution in [3.8, 4) is 0 Å². The third-order valence-corrected chi connectivity index (χ3v) is 4.86. The largest absolute Gasteiger partial charge is 0.320 e. The molecule has 1 fully saturated rings. The molecule has 1 saturated heterocycles. The Labute approximate surface area is 138 Å². The molecule has 0 aliphatic carbocycles. The number of aryl methyl sites for hydroxylation is 1. The first-order valence-electron chi connectivity index (χ1n) is 7.78. The van der Waals surface area contributed by atoms with Gasteiger partial charge in [-0.3, -0.25) is 0 Å². The van der Waals surface area contributed by atoms with E-state index in [2.05, 4.69) is 26.1 Å². The number of piperidine rings is 1. The summed E-state index contributed by atoms with van der Waals surface area (Å²) in [5.41, 5.74) is 3.06. The van der Waals surface area contributed by atoms with Gasteiger partial charge in [0.05, 0.1) is 11.6 Å². The van der Waals surface area contributed by atoms with Gasteiger partial charge in [-0.25, -0.2) is 4.98 Å². The van der Waals surface area contributed by atoms with Crippen molar-refractivity contribution < 1.29 is 0 Å². The molecule has 6 heteroatoms. The summed E-state index contributed by atoms with van der Waals surface area (Å²) in [6.45, 7) is 3.51. The second-order valence-electron chi connectivity index (χ2n) is 6.15. The zero-order valence-corrected chi connectivity index (χ0v) is 13.5. The number of hydrogen-bond donors (Lipinski definition) is 1. The fourth-order valence-electron chi connectivity index (χ4n) is 3.57. The minimum absolute atomic E-state index is 0.0186. The molecule has 0 bridgehead atoms. The number of nitrogens with zero attached hydrogens (tertiary/aromatic N) is 3. The second kappa shape index (κ2) is 5.58. The van der Waals surface area contributed by atoms with E-state index >= 15 is 0 Å². The lowest BCUT2D eigenvalue weighted by Gasteiger charge is -2.29. The molecule has 0 spiro atoms. The van der Waals surface area contributed by atoms with Gasteiger partial charge in [0.1, 0.15) is 11.7 Å². The van der Waals surface area contributed by atoms with Crippen LogP contribution in [-0.2, 0) is 0 Å². The van der Waals surface area contributed by atoms with E-state index < -0.39 is 0 Å². The maximum absolute atomic E-state index is 11.3. The fraction of sp³-hybridized carbons (Fsp3) is 0.353. The molecular weight excluding hydrogens is 312 g/mol. The number of hydrogen-bond acceptors (Lipinski definition) is 4. The third kappa shape index (κ3) is 2.31. The van der Waals surface area contributed by atoms with Crippen LogP contribution in [0.15, 0.2) is 35.6 Å². The molecule has 1 aromatic carbocycles. The lowest BCUT2D eigenvalue weighted by atomic mass is 10.0. The van der Waals surface area contributed by atoms with E-state index in [1.165, 1.54) is 0 Å². The number of nitrogens with one attached hydrogen (secondary N) is 1. The first kappa shape index (κ1) is 14.6. The van der Waals surface area contributed by atoms with E-state index in [-0.39, 0.29) is 12.1 Å². The minimum atomic E-state index is -0.290. The summed E-state index contributed by atoms with van der Waals surface area (Å²) in [6.07, 6.45) is 2.72. The first-order valence-corrected chi connectivity index (χ1v) is 8.16. The summed E-state index contributed by atoms with van der Waals surface area (Å²) >= 11 is 6.20. The Hall–Kier alpha value is -1.98. The van der Waals surface area contributed by atoms with Gasteiger partial charge in [-0.1, -0.05) is 16.8 Å². The van der Waals surface area contributed by atoms with Gasteiger partial charge in [-0.05, 0) is 49.7 Å².